The molecule has 1 N–H and O–H groups in total. The fourth-order valence-corrected chi connectivity index (χ4v) is 2.62. The first-order valence-electron chi connectivity index (χ1n) is 9.10. The third kappa shape index (κ3) is 8.37. The van der Waals surface area contributed by atoms with Gasteiger partial charge in [-0.25, -0.2) is 13.4 Å². The van der Waals surface area contributed by atoms with Gasteiger partial charge in [-0.2, -0.15) is 4.40 Å². The molecule has 0 aliphatic heterocycles. The number of carbonyl (C=O) groups excluding carboxylic acids is 1. The SMILES string of the molecule is CC(=N[S@](=O)C(C)(C)C)c1cc(F)ccc1O[C@@H](C)CNC(=O)OC(C)(C)C. The fourth-order valence-electron chi connectivity index (χ4n) is 2.00. The lowest BCUT2D eigenvalue weighted by Crippen LogP contribution is -2.37. The summed E-state index contributed by atoms with van der Waals surface area (Å²) in [5.41, 5.74) is 0.242. The highest BCUT2D eigenvalue weighted by molar-refractivity contribution is 7.85. The molecule has 0 spiro atoms. The fraction of sp³-hybridized carbons (Fsp3) is 0.600. The molecule has 0 aromatic heterocycles. The largest absolute Gasteiger partial charge is 0.488 e. The predicted molar refractivity (Wildman–Crippen MR) is 111 cm³/mol. The molecule has 1 aromatic rings. The van der Waals surface area contributed by atoms with E-state index in [1.54, 1.807) is 34.6 Å². The number of benzene rings is 1. The maximum absolute atomic E-state index is 13.8. The first-order valence-corrected chi connectivity index (χ1v) is 10.2. The van der Waals surface area contributed by atoms with Crippen molar-refractivity contribution in [3.8, 4) is 5.75 Å². The van der Waals surface area contributed by atoms with Crippen LogP contribution in [0.4, 0.5) is 9.18 Å². The van der Waals surface area contributed by atoms with E-state index in [1.807, 2.05) is 20.8 Å². The second-order valence-corrected chi connectivity index (χ2v) is 10.4. The summed E-state index contributed by atoms with van der Waals surface area (Å²) in [7, 11) is -1.48. The Morgan fingerprint density at radius 2 is 1.86 bits per heavy atom. The standard InChI is InChI=1S/C20H31FN2O4S/c1-13(12-22-18(24)27-19(3,4)5)26-17-10-9-15(21)11-16(17)14(2)23-28(25)20(6,7)8/h9-11,13H,12H2,1-8H3,(H,22,24)/t13-,28+/m0/s1. The second-order valence-electron chi connectivity index (χ2n) is 8.49. The van der Waals surface area contributed by atoms with E-state index in [2.05, 4.69) is 9.71 Å². The minimum atomic E-state index is -1.48. The molecule has 1 amide bonds. The van der Waals surface area contributed by atoms with Gasteiger partial charge in [-0.3, -0.25) is 0 Å². The average molecular weight is 415 g/mol. The normalized spacial score (nSPS) is 15.0. The molecule has 1 rings (SSSR count). The Hall–Kier alpha value is -1.96. The van der Waals surface area contributed by atoms with Crippen LogP contribution in [0, 0.1) is 5.82 Å². The molecule has 0 radical (unpaired) electrons. The molecule has 1 aromatic carbocycles. The first kappa shape index (κ1) is 24.1. The van der Waals surface area contributed by atoms with Crippen molar-refractivity contribution >= 4 is 22.8 Å². The molecule has 0 saturated heterocycles. The Morgan fingerprint density at radius 1 is 1.25 bits per heavy atom. The Kier molecular flexibility index (Phi) is 8.16. The van der Waals surface area contributed by atoms with Crippen LogP contribution < -0.4 is 10.1 Å². The molecule has 0 heterocycles. The van der Waals surface area contributed by atoms with E-state index in [0.717, 1.165) is 0 Å². The lowest BCUT2D eigenvalue weighted by Gasteiger charge is -2.22. The number of rotatable bonds is 6. The zero-order valence-corrected chi connectivity index (χ0v) is 18.7. The van der Waals surface area contributed by atoms with Crippen molar-refractivity contribution in [1.82, 2.24) is 5.32 Å². The second kappa shape index (κ2) is 9.49. The maximum Gasteiger partial charge on any atom is 0.407 e. The highest BCUT2D eigenvalue weighted by atomic mass is 32.2. The van der Waals surface area contributed by atoms with Crippen molar-refractivity contribution in [3.05, 3.63) is 29.6 Å². The first-order chi connectivity index (χ1) is 12.7. The molecule has 158 valence electrons. The summed E-state index contributed by atoms with van der Waals surface area (Å²) in [6.07, 6.45) is -0.946. The summed E-state index contributed by atoms with van der Waals surface area (Å²) in [6.45, 7) is 14.4. The van der Waals surface area contributed by atoms with E-state index in [9.17, 15) is 13.4 Å². The predicted octanol–water partition coefficient (Wildman–Crippen LogP) is 4.39. The molecule has 0 fully saturated rings. The summed E-state index contributed by atoms with van der Waals surface area (Å²) in [6, 6.07) is 4.07. The minimum absolute atomic E-state index is 0.204. The van der Waals surface area contributed by atoms with Crippen LogP contribution >= 0.6 is 0 Å². The van der Waals surface area contributed by atoms with Gasteiger partial charge in [-0.1, -0.05) is 0 Å². The van der Waals surface area contributed by atoms with Gasteiger partial charge in [-0.05, 0) is 73.6 Å². The van der Waals surface area contributed by atoms with E-state index < -0.39 is 39.3 Å². The Balaban J connectivity index is 2.91. The average Bonchev–Trinajstić information content (AvgIpc) is 2.52. The topological polar surface area (TPSA) is 77.0 Å². The third-order valence-electron chi connectivity index (χ3n) is 3.34. The van der Waals surface area contributed by atoms with Gasteiger partial charge < -0.3 is 14.8 Å². The number of ether oxygens (including phenoxy) is 2. The minimum Gasteiger partial charge on any atom is -0.488 e. The van der Waals surface area contributed by atoms with E-state index >= 15 is 0 Å². The van der Waals surface area contributed by atoms with Crippen LogP contribution in [-0.4, -0.2) is 39.0 Å². The third-order valence-corrected chi connectivity index (χ3v) is 4.82. The van der Waals surface area contributed by atoms with Crippen LogP contribution in [0.2, 0.25) is 0 Å². The van der Waals surface area contributed by atoms with Gasteiger partial charge in [0.1, 0.15) is 34.3 Å². The molecule has 0 unspecified atom stereocenters. The molecule has 0 aliphatic rings. The highest BCUT2D eigenvalue weighted by Gasteiger charge is 2.21. The van der Waals surface area contributed by atoms with Crippen LogP contribution in [0.1, 0.15) is 61.0 Å². The van der Waals surface area contributed by atoms with Crippen LogP contribution in [0.5, 0.6) is 5.75 Å². The Labute approximate surface area is 169 Å². The molecule has 0 saturated carbocycles. The number of halogens is 1. The van der Waals surface area contributed by atoms with E-state index in [0.29, 0.717) is 17.0 Å². The molecule has 8 heteroatoms. The highest BCUT2D eigenvalue weighted by Crippen LogP contribution is 2.23. The molecule has 28 heavy (non-hydrogen) atoms. The van der Waals surface area contributed by atoms with Gasteiger partial charge in [0, 0.05) is 5.56 Å². The van der Waals surface area contributed by atoms with Gasteiger partial charge in [-0.15, -0.1) is 0 Å². The van der Waals surface area contributed by atoms with Gasteiger partial charge in [0.25, 0.3) is 0 Å². The number of amides is 1. The Morgan fingerprint density at radius 3 is 2.39 bits per heavy atom. The molecular weight excluding hydrogens is 383 g/mol. The number of hydrogen-bond donors (Lipinski definition) is 1. The molecule has 0 aliphatic carbocycles. The van der Waals surface area contributed by atoms with E-state index in [4.69, 9.17) is 9.47 Å². The number of hydrogen-bond acceptors (Lipinski definition) is 4. The zero-order chi connectivity index (χ0) is 21.7. The zero-order valence-electron chi connectivity index (χ0n) is 17.9. The molecule has 0 bridgehead atoms. The lowest BCUT2D eigenvalue weighted by molar-refractivity contribution is 0.0505. The van der Waals surface area contributed by atoms with Crippen molar-refractivity contribution in [1.29, 1.82) is 0 Å². The van der Waals surface area contributed by atoms with Gasteiger partial charge in [0.05, 0.1) is 17.0 Å². The van der Waals surface area contributed by atoms with Crippen molar-refractivity contribution in [2.24, 2.45) is 4.40 Å². The van der Waals surface area contributed by atoms with E-state index in [-0.39, 0.29) is 6.54 Å². The van der Waals surface area contributed by atoms with E-state index in [1.165, 1.54) is 18.2 Å². The monoisotopic (exact) mass is 414 g/mol. The molecule has 2 atom stereocenters. The summed E-state index contributed by atoms with van der Waals surface area (Å²) in [5, 5.41) is 2.63. The maximum atomic E-state index is 13.8. The quantitative estimate of drug-likeness (QED) is 0.701. The van der Waals surface area contributed by atoms with Crippen LogP contribution in [0.25, 0.3) is 0 Å². The van der Waals surface area contributed by atoms with Gasteiger partial charge in [0.15, 0.2) is 0 Å². The van der Waals surface area contributed by atoms with Crippen molar-refractivity contribution in [2.75, 3.05) is 6.54 Å². The van der Waals surface area contributed by atoms with Crippen LogP contribution in [0.3, 0.4) is 0 Å². The summed E-state index contributed by atoms with van der Waals surface area (Å²) >= 11 is 0. The lowest BCUT2D eigenvalue weighted by atomic mass is 10.1. The smallest absolute Gasteiger partial charge is 0.407 e. The van der Waals surface area contributed by atoms with Crippen LogP contribution in [-0.2, 0) is 15.7 Å². The van der Waals surface area contributed by atoms with Crippen LogP contribution in [0.15, 0.2) is 22.6 Å². The van der Waals surface area contributed by atoms with Crippen molar-refractivity contribution < 1.29 is 22.9 Å². The Bertz CT molecular complexity index is 752. The number of alkyl carbamates (subject to hydrolysis) is 1. The van der Waals surface area contributed by atoms with Gasteiger partial charge >= 0.3 is 6.09 Å². The number of nitrogens with one attached hydrogen (secondary N) is 1. The summed E-state index contributed by atoms with van der Waals surface area (Å²) in [5.74, 6) is -0.0509. The number of nitrogens with zero attached hydrogens (tertiary/aromatic N) is 1. The molecule has 6 nitrogen and oxygen atoms in total. The van der Waals surface area contributed by atoms with Crippen molar-refractivity contribution in [3.63, 3.8) is 0 Å². The molecular formula is C20H31FN2O4S. The number of carbonyl (C=O) groups is 1. The summed E-state index contributed by atoms with van der Waals surface area (Å²) in [4.78, 5) is 11.8. The van der Waals surface area contributed by atoms with Crippen molar-refractivity contribution in [2.45, 2.75) is 71.8 Å². The van der Waals surface area contributed by atoms with Gasteiger partial charge in [0.2, 0.25) is 0 Å². The summed E-state index contributed by atoms with van der Waals surface area (Å²) < 4.78 is 40.8.